The van der Waals surface area contributed by atoms with Crippen LogP contribution in [0.5, 0.6) is 0 Å². The number of rotatable bonds is 5. The van der Waals surface area contributed by atoms with Crippen molar-refractivity contribution in [2.45, 2.75) is 45.1 Å². The number of hydrogen-bond donors (Lipinski definition) is 0. The van der Waals surface area contributed by atoms with Gasteiger partial charge in [-0.05, 0) is 73.8 Å². The predicted molar refractivity (Wildman–Crippen MR) is 121 cm³/mol. The Bertz CT molecular complexity index is 1020. The summed E-state index contributed by atoms with van der Waals surface area (Å²) in [6.07, 6.45) is 4.05. The zero-order valence-corrected chi connectivity index (χ0v) is 18.3. The van der Waals surface area contributed by atoms with Gasteiger partial charge in [0, 0.05) is 24.5 Å². The minimum absolute atomic E-state index is 0.180. The van der Waals surface area contributed by atoms with Crippen LogP contribution in [0.25, 0.3) is 11.0 Å². The smallest absolute Gasteiger partial charge is 0.254 e. The molecule has 1 amide bonds. The fourth-order valence-electron chi connectivity index (χ4n) is 4.15. The van der Waals surface area contributed by atoms with Crippen LogP contribution in [0.15, 0.2) is 47.6 Å². The van der Waals surface area contributed by atoms with E-state index in [0.717, 1.165) is 54.2 Å². The largest absolute Gasteiger partial charge is 0.339 e. The molecule has 0 unspecified atom stereocenters. The maximum atomic E-state index is 13.1. The van der Waals surface area contributed by atoms with Crippen molar-refractivity contribution in [1.29, 1.82) is 0 Å². The molecule has 4 rings (SSSR count). The van der Waals surface area contributed by atoms with Crippen LogP contribution < -0.4 is 0 Å². The highest BCUT2D eigenvalue weighted by atomic mass is 32.2. The highest BCUT2D eigenvalue weighted by Gasteiger charge is 2.25. The predicted octanol–water partition coefficient (Wildman–Crippen LogP) is 5.32. The number of aryl methyl sites for hydroxylation is 2. The molecule has 29 heavy (non-hydrogen) atoms. The molecule has 1 saturated heterocycles. The molecular formula is C24H29N3OS. The van der Waals surface area contributed by atoms with Gasteiger partial charge in [0.15, 0.2) is 0 Å². The molecule has 152 valence electrons. The Hall–Kier alpha value is -2.27. The highest BCUT2D eigenvalue weighted by molar-refractivity contribution is 7.99. The minimum Gasteiger partial charge on any atom is -0.339 e. The summed E-state index contributed by atoms with van der Waals surface area (Å²) in [4.78, 5) is 20.8. The van der Waals surface area contributed by atoms with Gasteiger partial charge in [0.25, 0.3) is 5.91 Å². The topological polar surface area (TPSA) is 38.1 Å². The van der Waals surface area contributed by atoms with E-state index < -0.39 is 0 Å². The van der Waals surface area contributed by atoms with Gasteiger partial charge in [0.2, 0.25) is 0 Å². The van der Waals surface area contributed by atoms with Gasteiger partial charge in [-0.15, -0.1) is 11.8 Å². The molecule has 5 heteroatoms. The SMILES string of the molecule is CCSc1ccccc1C(=O)N1CCC(Cn2cnc3cc(C)c(C)cc32)CC1. The number of hydrogen-bond acceptors (Lipinski definition) is 3. The number of amides is 1. The van der Waals surface area contributed by atoms with Gasteiger partial charge in [-0.2, -0.15) is 0 Å². The van der Waals surface area contributed by atoms with Crippen LogP contribution in [0.3, 0.4) is 0 Å². The Morgan fingerprint density at radius 3 is 2.62 bits per heavy atom. The van der Waals surface area contributed by atoms with E-state index >= 15 is 0 Å². The van der Waals surface area contributed by atoms with Crippen LogP contribution in [0.2, 0.25) is 0 Å². The Morgan fingerprint density at radius 2 is 1.86 bits per heavy atom. The van der Waals surface area contributed by atoms with E-state index in [1.54, 1.807) is 11.8 Å². The van der Waals surface area contributed by atoms with Gasteiger partial charge >= 0.3 is 0 Å². The zero-order valence-electron chi connectivity index (χ0n) is 17.5. The first-order chi connectivity index (χ1) is 14.1. The van der Waals surface area contributed by atoms with Crippen molar-refractivity contribution in [3.8, 4) is 0 Å². The van der Waals surface area contributed by atoms with E-state index in [0.29, 0.717) is 5.92 Å². The summed E-state index contributed by atoms with van der Waals surface area (Å²) in [7, 11) is 0. The lowest BCUT2D eigenvalue weighted by molar-refractivity contribution is 0.0680. The summed E-state index contributed by atoms with van der Waals surface area (Å²) < 4.78 is 2.29. The first-order valence-corrected chi connectivity index (χ1v) is 11.5. The Kier molecular flexibility index (Phi) is 5.95. The Morgan fingerprint density at radius 1 is 1.14 bits per heavy atom. The first kappa shape index (κ1) is 20.0. The van der Waals surface area contributed by atoms with Crippen LogP contribution in [0, 0.1) is 19.8 Å². The second-order valence-corrected chi connectivity index (χ2v) is 9.29. The minimum atomic E-state index is 0.180. The fraction of sp³-hybridized carbons (Fsp3) is 0.417. The van der Waals surface area contributed by atoms with E-state index in [2.05, 4.69) is 48.5 Å². The molecule has 3 aromatic rings. The van der Waals surface area contributed by atoms with Gasteiger partial charge in [-0.3, -0.25) is 4.79 Å². The number of aromatic nitrogens is 2. The Labute approximate surface area is 177 Å². The molecule has 1 fully saturated rings. The summed E-state index contributed by atoms with van der Waals surface area (Å²) in [5.74, 6) is 1.74. The summed E-state index contributed by atoms with van der Waals surface area (Å²) in [6.45, 7) is 9.06. The molecule has 0 spiro atoms. The molecule has 1 aromatic heterocycles. The number of imidazole rings is 1. The lowest BCUT2D eigenvalue weighted by atomic mass is 9.96. The number of likely N-dealkylation sites (tertiary alicyclic amines) is 1. The van der Waals surface area contributed by atoms with Crippen LogP contribution in [-0.4, -0.2) is 39.2 Å². The number of piperidine rings is 1. The van der Waals surface area contributed by atoms with Crippen molar-refractivity contribution in [1.82, 2.24) is 14.5 Å². The van der Waals surface area contributed by atoms with Crippen molar-refractivity contribution in [3.63, 3.8) is 0 Å². The Balaban J connectivity index is 1.41. The van der Waals surface area contributed by atoms with Crippen molar-refractivity contribution < 1.29 is 4.79 Å². The van der Waals surface area contributed by atoms with Gasteiger partial charge in [0.05, 0.1) is 22.9 Å². The molecule has 1 aliphatic rings. The number of carbonyl (C=O) groups is 1. The van der Waals surface area contributed by atoms with Crippen LogP contribution in [-0.2, 0) is 6.54 Å². The van der Waals surface area contributed by atoms with Gasteiger partial charge in [-0.1, -0.05) is 19.1 Å². The van der Waals surface area contributed by atoms with Crippen molar-refractivity contribution >= 4 is 28.7 Å². The molecule has 0 radical (unpaired) electrons. The van der Waals surface area contributed by atoms with Gasteiger partial charge < -0.3 is 9.47 Å². The number of fused-ring (bicyclic) bond motifs is 1. The third-order valence-corrected chi connectivity index (χ3v) is 6.97. The summed E-state index contributed by atoms with van der Waals surface area (Å²) in [5, 5.41) is 0. The monoisotopic (exact) mass is 407 g/mol. The van der Waals surface area contributed by atoms with Crippen LogP contribution >= 0.6 is 11.8 Å². The third-order valence-electron chi connectivity index (χ3n) is 6.01. The first-order valence-electron chi connectivity index (χ1n) is 10.5. The zero-order chi connectivity index (χ0) is 20.4. The second kappa shape index (κ2) is 8.62. The molecule has 0 saturated carbocycles. The van der Waals surface area contributed by atoms with Crippen molar-refractivity contribution in [2.75, 3.05) is 18.8 Å². The molecule has 0 N–H and O–H groups in total. The quantitative estimate of drug-likeness (QED) is 0.538. The van der Waals surface area contributed by atoms with Gasteiger partial charge in [0.1, 0.15) is 0 Å². The van der Waals surface area contributed by atoms with E-state index in [4.69, 9.17) is 0 Å². The van der Waals surface area contributed by atoms with E-state index in [9.17, 15) is 4.79 Å². The molecule has 1 aliphatic heterocycles. The van der Waals surface area contributed by atoms with E-state index in [1.807, 2.05) is 29.4 Å². The molecular weight excluding hydrogens is 378 g/mol. The van der Waals surface area contributed by atoms with Crippen LogP contribution in [0.4, 0.5) is 0 Å². The average Bonchev–Trinajstić information content (AvgIpc) is 3.10. The van der Waals surface area contributed by atoms with E-state index in [-0.39, 0.29) is 5.91 Å². The number of carbonyl (C=O) groups excluding carboxylic acids is 1. The fourth-order valence-corrected chi connectivity index (χ4v) is 4.95. The molecule has 0 bridgehead atoms. The van der Waals surface area contributed by atoms with Crippen molar-refractivity contribution in [2.24, 2.45) is 5.92 Å². The van der Waals surface area contributed by atoms with Gasteiger partial charge in [-0.25, -0.2) is 4.98 Å². The van der Waals surface area contributed by atoms with Crippen molar-refractivity contribution in [3.05, 3.63) is 59.4 Å². The highest BCUT2D eigenvalue weighted by Crippen LogP contribution is 2.27. The maximum absolute atomic E-state index is 13.1. The summed E-state index contributed by atoms with van der Waals surface area (Å²) >= 11 is 1.74. The average molecular weight is 408 g/mol. The molecule has 2 heterocycles. The third kappa shape index (κ3) is 4.20. The normalized spacial score (nSPS) is 15.2. The number of nitrogens with zero attached hydrogens (tertiary/aromatic N) is 3. The number of benzene rings is 2. The maximum Gasteiger partial charge on any atom is 0.254 e. The number of thioether (sulfide) groups is 1. The second-order valence-electron chi connectivity index (χ2n) is 7.99. The summed E-state index contributed by atoms with van der Waals surface area (Å²) in [6, 6.07) is 12.4. The molecule has 4 nitrogen and oxygen atoms in total. The standard InChI is InChI=1S/C24H29N3OS/c1-4-29-23-8-6-5-7-20(23)24(28)26-11-9-19(10-12-26)15-27-16-25-21-13-17(2)18(3)14-22(21)27/h5-8,13-14,16,19H,4,9-12,15H2,1-3H3. The molecule has 0 atom stereocenters. The molecule has 2 aromatic carbocycles. The lowest BCUT2D eigenvalue weighted by Crippen LogP contribution is -2.39. The van der Waals surface area contributed by atoms with E-state index in [1.165, 1.54) is 16.6 Å². The lowest BCUT2D eigenvalue weighted by Gasteiger charge is -2.32. The molecule has 0 aliphatic carbocycles. The summed E-state index contributed by atoms with van der Waals surface area (Å²) in [5.41, 5.74) is 5.74. The van der Waals surface area contributed by atoms with Crippen LogP contribution in [0.1, 0.15) is 41.3 Å².